The van der Waals surface area contributed by atoms with Gasteiger partial charge in [0.2, 0.25) is 11.7 Å². The average Bonchev–Trinajstić information content (AvgIpc) is 2.92. The molecule has 0 radical (unpaired) electrons. The predicted molar refractivity (Wildman–Crippen MR) is 73.3 cm³/mol. The first-order valence-electron chi connectivity index (χ1n) is 6.25. The summed E-state index contributed by atoms with van der Waals surface area (Å²) in [5, 5.41) is 3.79. The predicted octanol–water partition coefficient (Wildman–Crippen LogP) is 3.19. The van der Waals surface area contributed by atoms with Crippen LogP contribution in [0.2, 0.25) is 0 Å². The zero-order valence-corrected chi connectivity index (χ0v) is 10.9. The van der Waals surface area contributed by atoms with E-state index in [1.54, 1.807) is 24.3 Å². The quantitative estimate of drug-likeness (QED) is 0.751. The number of nitrogens with zero attached hydrogens (tertiary/aromatic N) is 2. The fraction of sp³-hybridized carbons (Fsp3) is 0.0667. The number of nitrogens with two attached hydrogens (primary N) is 1. The number of para-hydroxylation sites is 1. The van der Waals surface area contributed by atoms with E-state index in [-0.39, 0.29) is 17.9 Å². The lowest BCUT2D eigenvalue weighted by molar-refractivity contribution is 0.382. The van der Waals surface area contributed by atoms with Gasteiger partial charge in [-0.2, -0.15) is 4.98 Å². The van der Waals surface area contributed by atoms with E-state index in [2.05, 4.69) is 10.1 Å². The molecule has 21 heavy (non-hydrogen) atoms. The van der Waals surface area contributed by atoms with Crippen molar-refractivity contribution < 1.29 is 13.3 Å². The standard InChI is InChI=1S/C15H11F2N3O/c16-11-5-3-6-12(17)10(11)8-14-19-15(20-21-14)9-4-1-2-7-13(9)18/h1-7H,8,18H2. The van der Waals surface area contributed by atoms with Gasteiger partial charge >= 0.3 is 0 Å². The van der Waals surface area contributed by atoms with Crippen LogP contribution < -0.4 is 5.73 Å². The Balaban J connectivity index is 1.91. The van der Waals surface area contributed by atoms with Crippen molar-refractivity contribution in [1.82, 2.24) is 10.1 Å². The van der Waals surface area contributed by atoms with Crippen molar-refractivity contribution in [1.29, 1.82) is 0 Å². The molecule has 4 nitrogen and oxygen atoms in total. The molecule has 3 aromatic rings. The monoisotopic (exact) mass is 287 g/mol. The van der Waals surface area contributed by atoms with Gasteiger partial charge in [0, 0.05) is 16.8 Å². The second-order valence-corrected chi connectivity index (χ2v) is 4.48. The minimum absolute atomic E-state index is 0.103. The van der Waals surface area contributed by atoms with Gasteiger partial charge in [-0.25, -0.2) is 8.78 Å². The summed E-state index contributed by atoms with van der Waals surface area (Å²) in [4.78, 5) is 4.13. The summed E-state index contributed by atoms with van der Waals surface area (Å²) in [5.41, 5.74) is 6.83. The van der Waals surface area contributed by atoms with Crippen LogP contribution in [0.5, 0.6) is 0 Å². The second kappa shape index (κ2) is 5.32. The van der Waals surface area contributed by atoms with Gasteiger partial charge in [-0.3, -0.25) is 0 Å². The van der Waals surface area contributed by atoms with Gasteiger partial charge in [0.25, 0.3) is 0 Å². The van der Waals surface area contributed by atoms with Crippen LogP contribution in [-0.2, 0) is 6.42 Å². The first-order chi connectivity index (χ1) is 10.1. The molecule has 2 aromatic carbocycles. The van der Waals surface area contributed by atoms with Crippen LogP contribution in [0.1, 0.15) is 11.5 Å². The van der Waals surface area contributed by atoms with Crippen molar-refractivity contribution in [2.24, 2.45) is 0 Å². The van der Waals surface area contributed by atoms with Crippen LogP contribution in [0.25, 0.3) is 11.4 Å². The lowest BCUT2D eigenvalue weighted by Crippen LogP contribution is -1.97. The molecule has 0 aliphatic carbocycles. The van der Waals surface area contributed by atoms with Crippen molar-refractivity contribution >= 4 is 5.69 Å². The molecule has 0 amide bonds. The van der Waals surface area contributed by atoms with E-state index in [0.717, 1.165) is 0 Å². The maximum Gasteiger partial charge on any atom is 0.231 e. The molecule has 6 heteroatoms. The topological polar surface area (TPSA) is 64.9 Å². The molecular formula is C15H11F2N3O. The highest BCUT2D eigenvalue weighted by Gasteiger charge is 2.15. The molecule has 0 saturated carbocycles. The molecule has 0 atom stereocenters. The van der Waals surface area contributed by atoms with Gasteiger partial charge in [0.05, 0.1) is 6.42 Å². The number of hydrogen-bond acceptors (Lipinski definition) is 4. The van der Waals surface area contributed by atoms with Crippen LogP contribution in [-0.4, -0.2) is 10.1 Å². The van der Waals surface area contributed by atoms with E-state index >= 15 is 0 Å². The van der Waals surface area contributed by atoms with E-state index in [1.165, 1.54) is 18.2 Å². The molecule has 0 fully saturated rings. The van der Waals surface area contributed by atoms with Gasteiger partial charge in [-0.05, 0) is 24.3 Å². The Morgan fingerprint density at radius 1 is 1.00 bits per heavy atom. The number of aromatic nitrogens is 2. The number of benzene rings is 2. The van der Waals surface area contributed by atoms with Gasteiger partial charge in [0.15, 0.2) is 0 Å². The lowest BCUT2D eigenvalue weighted by Gasteiger charge is -2.00. The van der Waals surface area contributed by atoms with Gasteiger partial charge in [-0.1, -0.05) is 23.4 Å². The average molecular weight is 287 g/mol. The Labute approximate surface area is 119 Å². The molecule has 0 aliphatic rings. The van der Waals surface area contributed by atoms with Gasteiger partial charge < -0.3 is 10.3 Å². The first-order valence-corrected chi connectivity index (χ1v) is 6.25. The van der Waals surface area contributed by atoms with Crippen molar-refractivity contribution in [2.75, 3.05) is 5.73 Å². The molecule has 2 N–H and O–H groups in total. The zero-order valence-electron chi connectivity index (χ0n) is 10.9. The maximum absolute atomic E-state index is 13.6. The summed E-state index contributed by atoms with van der Waals surface area (Å²) in [5.74, 6) is -0.875. The SMILES string of the molecule is Nc1ccccc1-c1noc(Cc2c(F)cccc2F)n1. The van der Waals surface area contributed by atoms with E-state index in [0.29, 0.717) is 17.1 Å². The fourth-order valence-corrected chi connectivity index (χ4v) is 1.99. The molecule has 106 valence electrons. The van der Waals surface area contributed by atoms with Crippen molar-refractivity contribution in [2.45, 2.75) is 6.42 Å². The summed E-state index contributed by atoms with van der Waals surface area (Å²) in [7, 11) is 0. The third kappa shape index (κ3) is 2.60. The highest BCUT2D eigenvalue weighted by atomic mass is 19.1. The third-order valence-electron chi connectivity index (χ3n) is 3.06. The highest BCUT2D eigenvalue weighted by Crippen LogP contribution is 2.23. The molecule has 3 rings (SSSR count). The molecule has 0 spiro atoms. The van der Waals surface area contributed by atoms with Crippen molar-refractivity contribution in [3.8, 4) is 11.4 Å². The Morgan fingerprint density at radius 2 is 1.71 bits per heavy atom. The third-order valence-corrected chi connectivity index (χ3v) is 3.06. The van der Waals surface area contributed by atoms with Crippen molar-refractivity contribution in [3.05, 3.63) is 65.6 Å². The normalized spacial score (nSPS) is 10.8. The van der Waals surface area contributed by atoms with Gasteiger partial charge in [-0.15, -0.1) is 0 Å². The Bertz CT molecular complexity index is 766. The number of halogens is 2. The molecule has 1 heterocycles. The van der Waals surface area contributed by atoms with E-state index in [9.17, 15) is 8.78 Å². The van der Waals surface area contributed by atoms with Gasteiger partial charge in [0.1, 0.15) is 11.6 Å². The van der Waals surface area contributed by atoms with Crippen LogP contribution in [0.4, 0.5) is 14.5 Å². The van der Waals surface area contributed by atoms with E-state index in [4.69, 9.17) is 10.3 Å². The summed E-state index contributed by atoms with van der Waals surface area (Å²) in [6, 6.07) is 10.7. The highest BCUT2D eigenvalue weighted by molar-refractivity contribution is 5.70. The van der Waals surface area contributed by atoms with Crippen LogP contribution in [0.15, 0.2) is 47.0 Å². The summed E-state index contributed by atoms with van der Waals surface area (Å²) in [6.07, 6.45) is -0.113. The largest absolute Gasteiger partial charge is 0.398 e. The molecule has 0 aliphatic heterocycles. The summed E-state index contributed by atoms with van der Waals surface area (Å²) >= 11 is 0. The summed E-state index contributed by atoms with van der Waals surface area (Å²) in [6.45, 7) is 0. The van der Waals surface area contributed by atoms with Crippen LogP contribution >= 0.6 is 0 Å². The Hall–Kier alpha value is -2.76. The van der Waals surface area contributed by atoms with E-state index in [1.807, 2.05) is 0 Å². The lowest BCUT2D eigenvalue weighted by atomic mass is 10.1. The number of rotatable bonds is 3. The van der Waals surface area contributed by atoms with Crippen molar-refractivity contribution in [3.63, 3.8) is 0 Å². The maximum atomic E-state index is 13.6. The molecule has 1 aromatic heterocycles. The Morgan fingerprint density at radius 3 is 2.43 bits per heavy atom. The molecule has 0 saturated heterocycles. The van der Waals surface area contributed by atoms with Crippen LogP contribution in [0, 0.1) is 11.6 Å². The van der Waals surface area contributed by atoms with Crippen LogP contribution in [0.3, 0.4) is 0 Å². The summed E-state index contributed by atoms with van der Waals surface area (Å²) < 4.78 is 32.2. The fourth-order valence-electron chi connectivity index (χ4n) is 1.99. The first kappa shape index (κ1) is 13.2. The minimum atomic E-state index is -0.644. The number of hydrogen-bond donors (Lipinski definition) is 1. The number of nitrogen functional groups attached to an aromatic ring is 1. The molecule has 0 unspecified atom stereocenters. The Kier molecular flexibility index (Phi) is 3.35. The molecular weight excluding hydrogens is 276 g/mol. The number of anilines is 1. The van der Waals surface area contributed by atoms with E-state index < -0.39 is 11.6 Å². The second-order valence-electron chi connectivity index (χ2n) is 4.48. The molecule has 0 bridgehead atoms. The smallest absolute Gasteiger partial charge is 0.231 e. The zero-order chi connectivity index (χ0) is 14.8. The minimum Gasteiger partial charge on any atom is -0.398 e.